The maximum atomic E-state index is 12.9. The summed E-state index contributed by atoms with van der Waals surface area (Å²) in [5.74, 6) is 0.172. The van der Waals surface area contributed by atoms with Crippen molar-refractivity contribution in [2.45, 2.75) is 32.6 Å². The Labute approximate surface area is 145 Å². The molecule has 1 fully saturated rings. The van der Waals surface area contributed by atoms with E-state index in [2.05, 4.69) is 16.5 Å². The van der Waals surface area contributed by atoms with Gasteiger partial charge in [-0.2, -0.15) is 0 Å². The predicted octanol–water partition coefficient (Wildman–Crippen LogP) is 4.39. The number of likely N-dealkylation sites (tertiary alicyclic amines) is 1. The number of nitrogens with zero attached hydrogens (tertiary/aromatic N) is 3. The first kappa shape index (κ1) is 15.4. The maximum Gasteiger partial charge on any atom is 0.265 e. The highest BCUT2D eigenvalue weighted by Gasteiger charge is 2.23. The predicted molar refractivity (Wildman–Crippen MR) is 97.6 cm³/mol. The monoisotopic (exact) mass is 339 g/mol. The highest BCUT2D eigenvalue weighted by Crippen LogP contribution is 2.28. The third-order valence-corrected chi connectivity index (χ3v) is 5.86. The lowest BCUT2D eigenvalue weighted by atomic mass is 10.2. The van der Waals surface area contributed by atoms with Gasteiger partial charge in [-0.1, -0.05) is 54.5 Å². The Kier molecular flexibility index (Phi) is 4.10. The molecule has 0 aliphatic carbocycles. The SMILES string of the molecule is Cc1c(C(=O)N2CCCCCC2)sc2nc(-c3ccccc3)cn12. The number of carbonyl (C=O) groups excluding carboxylic acids is 1. The van der Waals surface area contributed by atoms with Gasteiger partial charge in [0.25, 0.3) is 5.91 Å². The normalized spacial score (nSPS) is 15.6. The van der Waals surface area contributed by atoms with Crippen LogP contribution in [0.3, 0.4) is 0 Å². The molecule has 5 heteroatoms. The first-order valence-corrected chi connectivity index (χ1v) is 9.39. The first-order valence-electron chi connectivity index (χ1n) is 8.57. The summed E-state index contributed by atoms with van der Waals surface area (Å²) in [6, 6.07) is 10.2. The largest absolute Gasteiger partial charge is 0.338 e. The minimum Gasteiger partial charge on any atom is -0.338 e. The van der Waals surface area contributed by atoms with Gasteiger partial charge < -0.3 is 4.90 Å². The molecule has 3 heterocycles. The van der Waals surface area contributed by atoms with E-state index in [0.29, 0.717) is 0 Å². The second-order valence-corrected chi connectivity index (χ2v) is 7.35. The van der Waals surface area contributed by atoms with Gasteiger partial charge in [0.05, 0.1) is 5.69 Å². The van der Waals surface area contributed by atoms with Crippen molar-refractivity contribution in [2.75, 3.05) is 13.1 Å². The number of rotatable bonds is 2. The van der Waals surface area contributed by atoms with Crippen molar-refractivity contribution in [3.05, 3.63) is 47.1 Å². The fourth-order valence-corrected chi connectivity index (χ4v) is 4.39. The van der Waals surface area contributed by atoms with E-state index in [1.165, 1.54) is 24.2 Å². The molecule has 1 aliphatic heterocycles. The van der Waals surface area contributed by atoms with Crippen LogP contribution in [0, 0.1) is 6.92 Å². The molecular formula is C19H21N3OS. The fourth-order valence-electron chi connectivity index (χ4n) is 3.31. The molecule has 2 aromatic heterocycles. The highest BCUT2D eigenvalue weighted by atomic mass is 32.1. The second-order valence-electron chi connectivity index (χ2n) is 6.37. The van der Waals surface area contributed by atoms with Crippen molar-refractivity contribution in [3.8, 4) is 11.3 Å². The summed E-state index contributed by atoms with van der Waals surface area (Å²) in [4.78, 5) is 21.4. The van der Waals surface area contributed by atoms with Crippen molar-refractivity contribution < 1.29 is 4.79 Å². The zero-order valence-electron chi connectivity index (χ0n) is 13.9. The highest BCUT2D eigenvalue weighted by molar-refractivity contribution is 7.19. The molecular weight excluding hydrogens is 318 g/mol. The number of thiazole rings is 1. The smallest absolute Gasteiger partial charge is 0.265 e. The summed E-state index contributed by atoms with van der Waals surface area (Å²) in [6.45, 7) is 3.78. The Morgan fingerprint density at radius 3 is 2.46 bits per heavy atom. The van der Waals surface area contributed by atoms with Gasteiger partial charge in [-0.05, 0) is 19.8 Å². The Hall–Kier alpha value is -2.14. The number of imidazole rings is 1. The Balaban J connectivity index is 1.66. The van der Waals surface area contributed by atoms with Gasteiger partial charge in [0, 0.05) is 30.5 Å². The molecule has 0 radical (unpaired) electrons. The number of benzene rings is 1. The Morgan fingerprint density at radius 1 is 1.08 bits per heavy atom. The van der Waals surface area contributed by atoms with Crippen LogP contribution in [0.1, 0.15) is 41.0 Å². The molecule has 1 aromatic carbocycles. The van der Waals surface area contributed by atoms with Gasteiger partial charge in [-0.15, -0.1) is 0 Å². The number of aromatic nitrogens is 2. The molecule has 24 heavy (non-hydrogen) atoms. The molecule has 0 spiro atoms. The number of hydrogen-bond donors (Lipinski definition) is 0. The quantitative estimate of drug-likeness (QED) is 0.694. The summed E-state index contributed by atoms with van der Waals surface area (Å²) in [7, 11) is 0. The zero-order chi connectivity index (χ0) is 16.5. The minimum atomic E-state index is 0.172. The maximum absolute atomic E-state index is 12.9. The van der Waals surface area contributed by atoms with E-state index in [-0.39, 0.29) is 5.91 Å². The summed E-state index contributed by atoms with van der Waals surface area (Å²) in [5.41, 5.74) is 3.06. The third kappa shape index (κ3) is 2.73. The van der Waals surface area contributed by atoms with Crippen molar-refractivity contribution >= 4 is 22.2 Å². The molecule has 4 rings (SSSR count). The van der Waals surface area contributed by atoms with Crippen LogP contribution in [0.25, 0.3) is 16.2 Å². The number of fused-ring (bicyclic) bond motifs is 1. The topological polar surface area (TPSA) is 37.6 Å². The molecule has 0 N–H and O–H groups in total. The van der Waals surface area contributed by atoms with E-state index in [4.69, 9.17) is 4.98 Å². The van der Waals surface area contributed by atoms with Crippen molar-refractivity contribution in [2.24, 2.45) is 0 Å². The molecule has 3 aromatic rings. The lowest BCUT2D eigenvalue weighted by Gasteiger charge is -2.19. The van der Waals surface area contributed by atoms with Gasteiger partial charge in [0.2, 0.25) is 0 Å². The molecule has 1 aliphatic rings. The van der Waals surface area contributed by atoms with E-state index < -0.39 is 0 Å². The van der Waals surface area contributed by atoms with Crippen LogP contribution in [-0.4, -0.2) is 33.3 Å². The number of carbonyl (C=O) groups is 1. The fraction of sp³-hybridized carbons (Fsp3) is 0.368. The van der Waals surface area contributed by atoms with E-state index in [1.807, 2.05) is 36.2 Å². The summed E-state index contributed by atoms with van der Waals surface area (Å²) < 4.78 is 2.05. The Bertz CT molecular complexity index is 858. The van der Waals surface area contributed by atoms with E-state index in [1.54, 1.807) is 0 Å². The zero-order valence-corrected chi connectivity index (χ0v) is 14.7. The summed E-state index contributed by atoms with van der Waals surface area (Å²) in [6.07, 6.45) is 6.74. The summed E-state index contributed by atoms with van der Waals surface area (Å²) in [5, 5.41) is 0. The van der Waals surface area contributed by atoms with Crippen LogP contribution in [0.15, 0.2) is 36.5 Å². The minimum absolute atomic E-state index is 0.172. The van der Waals surface area contributed by atoms with Crippen LogP contribution in [0.2, 0.25) is 0 Å². The van der Waals surface area contributed by atoms with Crippen LogP contribution < -0.4 is 0 Å². The molecule has 1 saturated heterocycles. The first-order chi connectivity index (χ1) is 11.7. The van der Waals surface area contributed by atoms with Crippen LogP contribution >= 0.6 is 11.3 Å². The number of amides is 1. The van der Waals surface area contributed by atoms with Crippen molar-refractivity contribution in [1.29, 1.82) is 0 Å². The lowest BCUT2D eigenvalue weighted by Crippen LogP contribution is -2.31. The van der Waals surface area contributed by atoms with Crippen molar-refractivity contribution in [1.82, 2.24) is 14.3 Å². The molecule has 124 valence electrons. The second kappa shape index (κ2) is 6.40. The molecule has 1 amide bonds. The van der Waals surface area contributed by atoms with Crippen molar-refractivity contribution in [3.63, 3.8) is 0 Å². The molecule has 0 bridgehead atoms. The standard InChI is InChI=1S/C19H21N3OS/c1-14-17(18(23)21-11-7-2-3-8-12-21)24-19-20-16(13-22(14)19)15-9-5-4-6-10-15/h4-6,9-10,13H,2-3,7-8,11-12H2,1H3. The van der Waals surface area contributed by atoms with Gasteiger partial charge in [-0.3, -0.25) is 9.20 Å². The van der Waals surface area contributed by atoms with Crippen LogP contribution in [0.5, 0.6) is 0 Å². The van der Waals surface area contributed by atoms with E-state index in [0.717, 1.165) is 52.7 Å². The lowest BCUT2D eigenvalue weighted by molar-refractivity contribution is 0.0765. The average molecular weight is 339 g/mol. The van der Waals surface area contributed by atoms with Crippen LogP contribution in [-0.2, 0) is 0 Å². The molecule has 0 saturated carbocycles. The molecule has 4 nitrogen and oxygen atoms in total. The third-order valence-electron chi connectivity index (χ3n) is 4.71. The average Bonchev–Trinajstić information content (AvgIpc) is 3.02. The Morgan fingerprint density at radius 2 is 1.79 bits per heavy atom. The van der Waals surface area contributed by atoms with E-state index in [9.17, 15) is 4.79 Å². The van der Waals surface area contributed by atoms with Gasteiger partial charge in [0.15, 0.2) is 4.96 Å². The van der Waals surface area contributed by atoms with Gasteiger partial charge >= 0.3 is 0 Å². The van der Waals surface area contributed by atoms with Gasteiger partial charge in [-0.25, -0.2) is 4.98 Å². The molecule has 0 unspecified atom stereocenters. The molecule has 0 atom stereocenters. The van der Waals surface area contributed by atoms with Crippen LogP contribution in [0.4, 0.5) is 0 Å². The number of aryl methyl sites for hydroxylation is 1. The van der Waals surface area contributed by atoms with E-state index >= 15 is 0 Å². The number of hydrogen-bond acceptors (Lipinski definition) is 3. The summed E-state index contributed by atoms with van der Waals surface area (Å²) >= 11 is 1.51. The van der Waals surface area contributed by atoms with Gasteiger partial charge in [0.1, 0.15) is 4.88 Å².